The van der Waals surface area contributed by atoms with Gasteiger partial charge < -0.3 is 19.5 Å². The van der Waals surface area contributed by atoms with Crippen LogP contribution in [0.4, 0.5) is 4.79 Å². The zero-order chi connectivity index (χ0) is 17.6. The smallest absolute Gasteiger partial charge is 0.317 e. The minimum absolute atomic E-state index is 0.0620. The molecular weight excluding hydrogens is 318 g/mol. The number of hydrogen-bond acceptors (Lipinski definition) is 4. The first kappa shape index (κ1) is 17.5. The van der Waals surface area contributed by atoms with Gasteiger partial charge >= 0.3 is 6.03 Å². The minimum Gasteiger partial charge on any atom is -0.375 e. The minimum atomic E-state index is -0.0620. The number of amides is 2. The first-order valence-electron chi connectivity index (χ1n) is 8.73. The van der Waals surface area contributed by atoms with E-state index in [4.69, 9.17) is 9.26 Å². The lowest BCUT2D eigenvalue weighted by Crippen LogP contribution is -2.49. The number of nitrogens with one attached hydrogen (secondary N) is 1. The van der Waals surface area contributed by atoms with E-state index in [0.29, 0.717) is 26.2 Å². The number of urea groups is 1. The maximum Gasteiger partial charge on any atom is 0.317 e. The Morgan fingerprint density at radius 2 is 2.12 bits per heavy atom. The zero-order valence-corrected chi connectivity index (χ0v) is 14.8. The molecule has 1 fully saturated rings. The molecule has 2 heterocycles. The zero-order valence-electron chi connectivity index (χ0n) is 14.8. The molecule has 134 valence electrons. The molecule has 1 atom stereocenters. The summed E-state index contributed by atoms with van der Waals surface area (Å²) in [5.41, 5.74) is 3.06. The number of benzene rings is 1. The van der Waals surface area contributed by atoms with Crippen LogP contribution < -0.4 is 5.32 Å². The van der Waals surface area contributed by atoms with Crippen molar-refractivity contribution >= 4 is 6.03 Å². The molecule has 6 heteroatoms. The van der Waals surface area contributed by atoms with E-state index in [9.17, 15) is 4.79 Å². The third kappa shape index (κ3) is 4.60. The predicted octanol–water partition coefficient (Wildman–Crippen LogP) is 2.83. The van der Waals surface area contributed by atoms with Crippen molar-refractivity contribution in [2.45, 2.75) is 39.3 Å². The average molecular weight is 343 g/mol. The van der Waals surface area contributed by atoms with Crippen molar-refractivity contribution in [2.75, 3.05) is 19.7 Å². The fourth-order valence-corrected chi connectivity index (χ4v) is 3.08. The monoisotopic (exact) mass is 343 g/mol. The fourth-order valence-electron chi connectivity index (χ4n) is 3.08. The summed E-state index contributed by atoms with van der Waals surface area (Å²) < 4.78 is 11.0. The standard InChI is InChI=1S/C19H25N3O3/c1-14-18(15(2)25-21-14)12-20-19(23)22-10-11-24-17(13-22)9-8-16-6-4-3-5-7-16/h3-7,17H,8-13H2,1-2H3,(H,20,23). The molecule has 0 aliphatic carbocycles. The second-order valence-corrected chi connectivity index (χ2v) is 6.42. The topological polar surface area (TPSA) is 67.6 Å². The first-order valence-corrected chi connectivity index (χ1v) is 8.73. The van der Waals surface area contributed by atoms with Gasteiger partial charge in [-0.15, -0.1) is 0 Å². The van der Waals surface area contributed by atoms with E-state index in [0.717, 1.165) is 29.9 Å². The van der Waals surface area contributed by atoms with E-state index in [-0.39, 0.29) is 12.1 Å². The highest BCUT2D eigenvalue weighted by Gasteiger charge is 2.24. The van der Waals surface area contributed by atoms with Gasteiger partial charge in [-0.2, -0.15) is 0 Å². The summed E-state index contributed by atoms with van der Waals surface area (Å²) >= 11 is 0. The first-order chi connectivity index (χ1) is 12.1. The number of ether oxygens (including phenoxy) is 1. The van der Waals surface area contributed by atoms with Gasteiger partial charge in [0.1, 0.15) is 5.76 Å². The van der Waals surface area contributed by atoms with Gasteiger partial charge in [0.05, 0.1) is 18.4 Å². The fraction of sp³-hybridized carbons (Fsp3) is 0.474. The summed E-state index contributed by atoms with van der Waals surface area (Å²) in [7, 11) is 0. The van der Waals surface area contributed by atoms with Crippen LogP contribution in [0, 0.1) is 13.8 Å². The van der Waals surface area contributed by atoms with Gasteiger partial charge in [0.25, 0.3) is 0 Å². The molecule has 1 saturated heterocycles. The molecule has 25 heavy (non-hydrogen) atoms. The van der Waals surface area contributed by atoms with Crippen LogP contribution in [-0.4, -0.2) is 41.9 Å². The Bertz CT molecular complexity index is 680. The Morgan fingerprint density at radius 1 is 1.32 bits per heavy atom. The second-order valence-electron chi connectivity index (χ2n) is 6.42. The Balaban J connectivity index is 1.48. The molecule has 1 aromatic carbocycles. The lowest BCUT2D eigenvalue weighted by atomic mass is 10.1. The van der Waals surface area contributed by atoms with Crippen molar-refractivity contribution in [2.24, 2.45) is 0 Å². The molecule has 2 amide bonds. The molecule has 1 aromatic heterocycles. The number of morpholine rings is 1. The number of nitrogens with zero attached hydrogens (tertiary/aromatic N) is 2. The van der Waals surface area contributed by atoms with Crippen LogP contribution in [0.5, 0.6) is 0 Å². The number of hydrogen-bond donors (Lipinski definition) is 1. The molecule has 3 rings (SSSR count). The van der Waals surface area contributed by atoms with Crippen molar-refractivity contribution in [3.05, 3.63) is 52.9 Å². The number of carbonyl (C=O) groups is 1. The third-order valence-electron chi connectivity index (χ3n) is 4.62. The van der Waals surface area contributed by atoms with Crippen molar-refractivity contribution in [1.29, 1.82) is 0 Å². The quantitative estimate of drug-likeness (QED) is 0.906. The van der Waals surface area contributed by atoms with Crippen LogP contribution in [0.2, 0.25) is 0 Å². The van der Waals surface area contributed by atoms with Gasteiger partial charge in [-0.3, -0.25) is 0 Å². The molecule has 6 nitrogen and oxygen atoms in total. The molecule has 0 bridgehead atoms. The van der Waals surface area contributed by atoms with Gasteiger partial charge in [-0.25, -0.2) is 4.79 Å². The normalized spacial score (nSPS) is 17.5. The molecule has 2 aromatic rings. The summed E-state index contributed by atoms with van der Waals surface area (Å²) in [5, 5.41) is 6.87. The number of aryl methyl sites for hydroxylation is 3. The molecular formula is C19H25N3O3. The number of carbonyl (C=O) groups excluding carboxylic acids is 1. The summed E-state index contributed by atoms with van der Waals surface area (Å²) in [6.07, 6.45) is 1.95. The van der Waals surface area contributed by atoms with Crippen LogP contribution in [-0.2, 0) is 17.7 Å². The maximum absolute atomic E-state index is 12.4. The largest absolute Gasteiger partial charge is 0.375 e. The average Bonchev–Trinajstić information content (AvgIpc) is 2.97. The van der Waals surface area contributed by atoms with Gasteiger partial charge in [0.2, 0.25) is 0 Å². The predicted molar refractivity (Wildman–Crippen MR) is 94.3 cm³/mol. The van der Waals surface area contributed by atoms with Gasteiger partial charge in [0, 0.05) is 25.2 Å². The van der Waals surface area contributed by atoms with Gasteiger partial charge in [-0.05, 0) is 32.3 Å². The van der Waals surface area contributed by atoms with Gasteiger partial charge in [0.15, 0.2) is 0 Å². The third-order valence-corrected chi connectivity index (χ3v) is 4.62. The van der Waals surface area contributed by atoms with E-state index in [1.54, 1.807) is 0 Å². The molecule has 1 unspecified atom stereocenters. The second kappa shape index (κ2) is 8.16. The van der Waals surface area contributed by atoms with Crippen molar-refractivity contribution in [1.82, 2.24) is 15.4 Å². The lowest BCUT2D eigenvalue weighted by molar-refractivity contribution is -0.0176. The van der Waals surface area contributed by atoms with Crippen LogP contribution in [0.1, 0.15) is 29.0 Å². The Morgan fingerprint density at radius 3 is 2.84 bits per heavy atom. The van der Waals surface area contributed by atoms with Crippen LogP contribution in [0.15, 0.2) is 34.9 Å². The van der Waals surface area contributed by atoms with E-state index < -0.39 is 0 Å². The molecule has 0 radical (unpaired) electrons. The SMILES string of the molecule is Cc1noc(C)c1CNC(=O)N1CCOC(CCc2ccccc2)C1. The highest BCUT2D eigenvalue weighted by molar-refractivity contribution is 5.74. The maximum atomic E-state index is 12.4. The Kier molecular flexibility index (Phi) is 5.71. The van der Waals surface area contributed by atoms with E-state index >= 15 is 0 Å². The highest BCUT2D eigenvalue weighted by atomic mass is 16.5. The summed E-state index contributed by atoms with van der Waals surface area (Å²) in [4.78, 5) is 14.3. The summed E-state index contributed by atoms with van der Waals surface area (Å²) in [5.74, 6) is 0.750. The molecule has 1 aliphatic heterocycles. The summed E-state index contributed by atoms with van der Waals surface area (Å²) in [6.45, 7) is 6.00. The van der Waals surface area contributed by atoms with Gasteiger partial charge in [-0.1, -0.05) is 35.5 Å². The number of rotatable bonds is 5. The van der Waals surface area contributed by atoms with Crippen molar-refractivity contribution in [3.63, 3.8) is 0 Å². The van der Waals surface area contributed by atoms with Crippen LogP contribution in [0.3, 0.4) is 0 Å². The van der Waals surface area contributed by atoms with Crippen LogP contribution >= 0.6 is 0 Å². The van der Waals surface area contributed by atoms with E-state index in [2.05, 4.69) is 22.6 Å². The van der Waals surface area contributed by atoms with Crippen LogP contribution in [0.25, 0.3) is 0 Å². The highest BCUT2D eigenvalue weighted by Crippen LogP contribution is 2.14. The Hall–Kier alpha value is -2.34. The lowest BCUT2D eigenvalue weighted by Gasteiger charge is -2.33. The van der Waals surface area contributed by atoms with Crippen molar-refractivity contribution in [3.8, 4) is 0 Å². The molecule has 1 N–H and O–H groups in total. The molecule has 1 aliphatic rings. The summed E-state index contributed by atoms with van der Waals surface area (Å²) in [6, 6.07) is 10.3. The Labute approximate surface area is 148 Å². The molecule has 0 saturated carbocycles. The number of aromatic nitrogens is 1. The van der Waals surface area contributed by atoms with E-state index in [1.807, 2.05) is 36.9 Å². The molecule has 0 spiro atoms. The van der Waals surface area contributed by atoms with E-state index in [1.165, 1.54) is 5.56 Å². The van der Waals surface area contributed by atoms with Crippen molar-refractivity contribution < 1.29 is 14.1 Å².